The van der Waals surface area contributed by atoms with Crippen LogP contribution in [0.25, 0.3) is 0 Å². The first kappa shape index (κ1) is 12.0. The van der Waals surface area contributed by atoms with Crippen LogP contribution in [0, 0.1) is 12.3 Å². The molecule has 2 N–H and O–H groups in total. The number of amides is 1. The molecule has 1 heterocycles. The van der Waals surface area contributed by atoms with Gasteiger partial charge in [0.15, 0.2) is 0 Å². The Morgan fingerprint density at radius 3 is 3.13 bits per heavy atom. The molecule has 0 bridgehead atoms. The van der Waals surface area contributed by atoms with E-state index in [9.17, 15) is 4.79 Å². The van der Waals surface area contributed by atoms with Gasteiger partial charge in [0.25, 0.3) is 0 Å². The summed E-state index contributed by atoms with van der Waals surface area (Å²) in [5.41, 5.74) is 5.73. The molecule has 1 rings (SSSR count). The van der Waals surface area contributed by atoms with Crippen molar-refractivity contribution in [2.75, 3.05) is 19.7 Å². The first-order valence-corrected chi connectivity index (χ1v) is 5.23. The van der Waals surface area contributed by atoms with Crippen molar-refractivity contribution >= 4 is 5.91 Å². The Morgan fingerprint density at radius 2 is 2.53 bits per heavy atom. The molecule has 4 nitrogen and oxygen atoms in total. The summed E-state index contributed by atoms with van der Waals surface area (Å²) < 4.78 is 5.47. The fourth-order valence-corrected chi connectivity index (χ4v) is 1.56. The van der Waals surface area contributed by atoms with Crippen molar-refractivity contribution in [1.29, 1.82) is 0 Å². The van der Waals surface area contributed by atoms with Gasteiger partial charge in [-0.2, -0.15) is 0 Å². The normalized spacial score (nSPS) is 23.3. The Morgan fingerprint density at radius 1 is 1.80 bits per heavy atom. The van der Waals surface area contributed by atoms with Gasteiger partial charge < -0.3 is 15.4 Å². The zero-order valence-electron chi connectivity index (χ0n) is 9.11. The van der Waals surface area contributed by atoms with Gasteiger partial charge in [-0.15, -0.1) is 12.3 Å². The van der Waals surface area contributed by atoms with Gasteiger partial charge in [-0.3, -0.25) is 4.79 Å². The quantitative estimate of drug-likeness (QED) is 0.666. The van der Waals surface area contributed by atoms with Gasteiger partial charge in [0.1, 0.15) is 0 Å². The van der Waals surface area contributed by atoms with Crippen LogP contribution in [0.1, 0.15) is 19.8 Å². The van der Waals surface area contributed by atoms with Crippen LogP contribution in [-0.4, -0.2) is 42.6 Å². The summed E-state index contributed by atoms with van der Waals surface area (Å²) in [6.07, 6.45) is 5.99. The molecule has 4 heteroatoms. The van der Waals surface area contributed by atoms with Gasteiger partial charge in [0, 0.05) is 32.0 Å². The number of nitrogens with zero attached hydrogens (tertiary/aromatic N) is 1. The largest absolute Gasteiger partial charge is 0.373 e. The van der Waals surface area contributed by atoms with Crippen molar-refractivity contribution in [2.24, 2.45) is 5.73 Å². The summed E-state index contributed by atoms with van der Waals surface area (Å²) in [5.74, 6) is 2.57. The second kappa shape index (κ2) is 5.74. The second-order valence-electron chi connectivity index (χ2n) is 3.81. The Bertz CT molecular complexity index is 258. The van der Waals surface area contributed by atoms with Crippen LogP contribution in [-0.2, 0) is 9.53 Å². The average Bonchev–Trinajstić information content (AvgIpc) is 2.26. The molecular weight excluding hydrogens is 192 g/mol. The smallest absolute Gasteiger partial charge is 0.223 e. The van der Waals surface area contributed by atoms with Crippen LogP contribution in [0.15, 0.2) is 0 Å². The van der Waals surface area contributed by atoms with Gasteiger partial charge in [-0.05, 0) is 6.92 Å². The minimum Gasteiger partial charge on any atom is -0.373 e. The van der Waals surface area contributed by atoms with Crippen molar-refractivity contribution in [1.82, 2.24) is 4.90 Å². The van der Waals surface area contributed by atoms with E-state index in [1.165, 1.54) is 0 Å². The van der Waals surface area contributed by atoms with E-state index >= 15 is 0 Å². The molecule has 1 fully saturated rings. The summed E-state index contributed by atoms with van der Waals surface area (Å²) in [6, 6.07) is -0.0479. The van der Waals surface area contributed by atoms with Crippen molar-refractivity contribution in [2.45, 2.75) is 31.9 Å². The third-order valence-electron chi connectivity index (χ3n) is 2.52. The van der Waals surface area contributed by atoms with Crippen LogP contribution in [0.4, 0.5) is 0 Å². The number of carbonyl (C=O) groups is 1. The summed E-state index contributed by atoms with van der Waals surface area (Å²) >= 11 is 0. The molecule has 0 aromatic rings. The third-order valence-corrected chi connectivity index (χ3v) is 2.52. The Kier molecular flexibility index (Phi) is 4.60. The van der Waals surface area contributed by atoms with E-state index in [0.29, 0.717) is 32.5 Å². The van der Waals surface area contributed by atoms with Crippen LogP contribution in [0.2, 0.25) is 0 Å². The maximum atomic E-state index is 11.7. The van der Waals surface area contributed by atoms with Gasteiger partial charge in [0.2, 0.25) is 5.91 Å². The lowest BCUT2D eigenvalue weighted by Crippen LogP contribution is -2.51. The van der Waals surface area contributed by atoms with E-state index < -0.39 is 0 Å². The van der Waals surface area contributed by atoms with E-state index in [0.717, 1.165) is 0 Å². The molecule has 0 radical (unpaired) electrons. The van der Waals surface area contributed by atoms with Gasteiger partial charge in [-0.1, -0.05) is 0 Å². The number of morpholine rings is 1. The van der Waals surface area contributed by atoms with Gasteiger partial charge >= 0.3 is 0 Å². The molecule has 1 amide bonds. The predicted octanol–water partition coefficient (Wildman–Crippen LogP) is -0.0256. The maximum absolute atomic E-state index is 11.7. The fourth-order valence-electron chi connectivity index (χ4n) is 1.56. The standard InChI is InChI=1S/C11H18N2O2/c1-3-4-5-11(14)13-6-7-15-10(8-13)9(2)12/h1,9-10H,4-8,12H2,2H3. The molecule has 0 aromatic heterocycles. The van der Waals surface area contributed by atoms with Crippen molar-refractivity contribution in [3.63, 3.8) is 0 Å². The third kappa shape index (κ3) is 3.54. The van der Waals surface area contributed by atoms with Gasteiger partial charge in [0.05, 0.1) is 12.7 Å². The molecule has 0 spiro atoms. The summed E-state index contributed by atoms with van der Waals surface area (Å²) in [6.45, 7) is 3.68. The second-order valence-corrected chi connectivity index (χ2v) is 3.81. The number of nitrogens with two attached hydrogens (primary N) is 1. The average molecular weight is 210 g/mol. The van der Waals surface area contributed by atoms with E-state index in [4.69, 9.17) is 16.9 Å². The molecule has 2 unspecified atom stereocenters. The Hall–Kier alpha value is -1.05. The highest BCUT2D eigenvalue weighted by Gasteiger charge is 2.25. The van der Waals surface area contributed by atoms with E-state index in [2.05, 4.69) is 5.92 Å². The number of hydrogen-bond donors (Lipinski definition) is 1. The van der Waals surface area contributed by atoms with Crippen LogP contribution >= 0.6 is 0 Å². The highest BCUT2D eigenvalue weighted by atomic mass is 16.5. The number of hydrogen-bond acceptors (Lipinski definition) is 3. The summed E-state index contributed by atoms with van der Waals surface area (Å²) in [4.78, 5) is 13.4. The Balaban J connectivity index is 2.42. The first-order valence-electron chi connectivity index (χ1n) is 5.23. The molecule has 2 atom stereocenters. The van der Waals surface area contributed by atoms with E-state index in [-0.39, 0.29) is 18.1 Å². The molecule has 0 aromatic carbocycles. The lowest BCUT2D eigenvalue weighted by molar-refractivity contribution is -0.139. The van der Waals surface area contributed by atoms with Crippen molar-refractivity contribution in [3.8, 4) is 12.3 Å². The number of rotatable bonds is 3. The Labute approximate surface area is 90.8 Å². The lowest BCUT2D eigenvalue weighted by atomic mass is 10.1. The minimum absolute atomic E-state index is 0.0477. The molecule has 1 saturated heterocycles. The highest BCUT2D eigenvalue weighted by molar-refractivity contribution is 5.76. The van der Waals surface area contributed by atoms with Crippen molar-refractivity contribution < 1.29 is 9.53 Å². The monoisotopic (exact) mass is 210 g/mol. The number of ether oxygens (including phenoxy) is 1. The number of carbonyl (C=O) groups excluding carboxylic acids is 1. The molecular formula is C11H18N2O2. The molecule has 1 aliphatic rings. The predicted molar refractivity (Wildman–Crippen MR) is 58.0 cm³/mol. The maximum Gasteiger partial charge on any atom is 0.223 e. The molecule has 15 heavy (non-hydrogen) atoms. The summed E-state index contributed by atoms with van der Waals surface area (Å²) in [5, 5.41) is 0. The number of terminal acetylenes is 1. The van der Waals surface area contributed by atoms with Gasteiger partial charge in [-0.25, -0.2) is 0 Å². The van der Waals surface area contributed by atoms with Crippen LogP contribution < -0.4 is 5.73 Å². The zero-order chi connectivity index (χ0) is 11.3. The van der Waals surface area contributed by atoms with Crippen LogP contribution in [0.3, 0.4) is 0 Å². The topological polar surface area (TPSA) is 55.6 Å². The molecule has 84 valence electrons. The molecule has 0 saturated carbocycles. The SMILES string of the molecule is C#CCCC(=O)N1CCOC(C(C)N)C1. The van der Waals surface area contributed by atoms with Crippen LogP contribution in [0.5, 0.6) is 0 Å². The molecule has 0 aliphatic carbocycles. The van der Waals surface area contributed by atoms with E-state index in [1.54, 1.807) is 4.90 Å². The summed E-state index contributed by atoms with van der Waals surface area (Å²) in [7, 11) is 0. The van der Waals surface area contributed by atoms with E-state index in [1.807, 2.05) is 6.92 Å². The lowest BCUT2D eigenvalue weighted by Gasteiger charge is -2.34. The highest BCUT2D eigenvalue weighted by Crippen LogP contribution is 2.09. The zero-order valence-corrected chi connectivity index (χ0v) is 9.11. The minimum atomic E-state index is -0.0479. The van der Waals surface area contributed by atoms with Crippen molar-refractivity contribution in [3.05, 3.63) is 0 Å². The fraction of sp³-hybridized carbons (Fsp3) is 0.727. The molecule has 1 aliphatic heterocycles. The first-order chi connectivity index (χ1) is 7.15.